The number of para-hydroxylation sites is 2. The topological polar surface area (TPSA) is 64.4 Å². The number of amides is 1. The lowest BCUT2D eigenvalue weighted by Crippen LogP contribution is -2.14. The van der Waals surface area contributed by atoms with E-state index in [2.05, 4.69) is 10.3 Å². The van der Waals surface area contributed by atoms with E-state index in [1.54, 1.807) is 24.4 Å². The van der Waals surface area contributed by atoms with Crippen molar-refractivity contribution in [2.45, 2.75) is 6.61 Å². The van der Waals surface area contributed by atoms with Gasteiger partial charge in [-0.25, -0.2) is 4.98 Å². The summed E-state index contributed by atoms with van der Waals surface area (Å²) in [7, 11) is 0. The zero-order valence-corrected chi connectivity index (χ0v) is 13.9. The molecule has 2 aromatic carbocycles. The maximum absolute atomic E-state index is 12.7. The number of hydrogen-bond acceptors (Lipinski definition) is 4. The first-order chi connectivity index (χ1) is 12.8. The molecule has 0 saturated carbocycles. The molecule has 2 heterocycles. The van der Waals surface area contributed by atoms with Gasteiger partial charge in [-0.2, -0.15) is 0 Å². The van der Waals surface area contributed by atoms with Crippen LogP contribution in [0.2, 0.25) is 0 Å². The standard InChI is InChI=1S/C21H16N2O3/c24-21(23-19-12-6-7-13-22-19)20-17(14-25-15-8-2-1-3-9-15)16-10-4-5-11-18(16)26-20/h1-13H,14H2,(H,22,23,24). The Kier molecular flexibility index (Phi) is 4.35. The predicted molar refractivity (Wildman–Crippen MR) is 99.2 cm³/mol. The van der Waals surface area contributed by atoms with Gasteiger partial charge in [0.15, 0.2) is 5.76 Å². The molecule has 0 aliphatic heterocycles. The average molecular weight is 344 g/mol. The van der Waals surface area contributed by atoms with Crippen LogP contribution in [0.1, 0.15) is 16.1 Å². The highest BCUT2D eigenvalue weighted by Crippen LogP contribution is 2.28. The van der Waals surface area contributed by atoms with Gasteiger partial charge in [-0.3, -0.25) is 4.79 Å². The molecule has 1 amide bonds. The van der Waals surface area contributed by atoms with Crippen molar-refractivity contribution in [1.29, 1.82) is 0 Å². The normalized spacial score (nSPS) is 10.6. The Morgan fingerprint density at radius 1 is 0.962 bits per heavy atom. The number of aromatic nitrogens is 1. The molecule has 0 aliphatic carbocycles. The summed E-state index contributed by atoms with van der Waals surface area (Å²) in [5.41, 5.74) is 1.35. The van der Waals surface area contributed by atoms with Gasteiger partial charge in [0, 0.05) is 17.1 Å². The fraction of sp³-hybridized carbons (Fsp3) is 0.0476. The molecule has 0 fully saturated rings. The molecule has 0 atom stereocenters. The van der Waals surface area contributed by atoms with Crippen LogP contribution in [0.4, 0.5) is 5.82 Å². The van der Waals surface area contributed by atoms with Crippen LogP contribution in [-0.2, 0) is 6.61 Å². The van der Waals surface area contributed by atoms with E-state index in [9.17, 15) is 4.79 Å². The van der Waals surface area contributed by atoms with Crippen molar-refractivity contribution in [1.82, 2.24) is 4.98 Å². The van der Waals surface area contributed by atoms with Gasteiger partial charge < -0.3 is 14.5 Å². The predicted octanol–water partition coefficient (Wildman–Crippen LogP) is 4.66. The van der Waals surface area contributed by atoms with Crippen molar-refractivity contribution in [3.8, 4) is 5.75 Å². The molecule has 0 bridgehead atoms. The average Bonchev–Trinajstić information content (AvgIpc) is 3.07. The minimum atomic E-state index is -0.355. The monoisotopic (exact) mass is 344 g/mol. The lowest BCUT2D eigenvalue weighted by Gasteiger charge is -2.07. The van der Waals surface area contributed by atoms with E-state index in [1.807, 2.05) is 54.6 Å². The number of nitrogens with one attached hydrogen (secondary N) is 1. The summed E-state index contributed by atoms with van der Waals surface area (Å²) < 4.78 is 11.6. The highest BCUT2D eigenvalue weighted by molar-refractivity contribution is 6.06. The van der Waals surface area contributed by atoms with E-state index in [1.165, 1.54) is 0 Å². The molecule has 0 spiro atoms. The number of benzene rings is 2. The quantitative estimate of drug-likeness (QED) is 0.572. The third-order valence-electron chi connectivity index (χ3n) is 3.94. The van der Waals surface area contributed by atoms with Crippen LogP contribution in [-0.4, -0.2) is 10.9 Å². The smallest absolute Gasteiger partial charge is 0.292 e. The first kappa shape index (κ1) is 15.9. The number of ether oxygens (including phenoxy) is 1. The Morgan fingerprint density at radius 3 is 2.54 bits per heavy atom. The molecule has 2 aromatic heterocycles. The number of furan rings is 1. The molecule has 1 N–H and O–H groups in total. The molecular weight excluding hydrogens is 328 g/mol. The summed E-state index contributed by atoms with van der Waals surface area (Å²) >= 11 is 0. The Morgan fingerprint density at radius 2 is 1.73 bits per heavy atom. The van der Waals surface area contributed by atoms with E-state index < -0.39 is 0 Å². The first-order valence-electron chi connectivity index (χ1n) is 8.22. The number of rotatable bonds is 5. The van der Waals surface area contributed by atoms with Crippen LogP contribution in [0.25, 0.3) is 11.0 Å². The lowest BCUT2D eigenvalue weighted by atomic mass is 10.1. The largest absolute Gasteiger partial charge is 0.489 e. The van der Waals surface area contributed by atoms with Crippen molar-refractivity contribution < 1.29 is 13.9 Å². The number of anilines is 1. The fourth-order valence-electron chi connectivity index (χ4n) is 2.71. The molecule has 4 aromatic rings. The van der Waals surface area contributed by atoms with E-state index in [4.69, 9.17) is 9.15 Å². The molecule has 5 nitrogen and oxygen atoms in total. The summed E-state index contributed by atoms with van der Waals surface area (Å²) in [5, 5.41) is 3.61. The molecule has 0 radical (unpaired) electrons. The van der Waals surface area contributed by atoms with Crippen LogP contribution < -0.4 is 10.1 Å². The summed E-state index contributed by atoms with van der Waals surface area (Å²) in [4.78, 5) is 16.8. The minimum Gasteiger partial charge on any atom is -0.489 e. The van der Waals surface area contributed by atoms with Crippen LogP contribution in [0.5, 0.6) is 5.75 Å². The number of carbonyl (C=O) groups excluding carboxylic acids is 1. The molecule has 0 unspecified atom stereocenters. The fourth-order valence-corrected chi connectivity index (χ4v) is 2.71. The van der Waals surface area contributed by atoms with Crippen LogP contribution in [0.15, 0.2) is 83.4 Å². The molecule has 5 heteroatoms. The second kappa shape index (κ2) is 7.11. The summed E-state index contributed by atoms with van der Waals surface area (Å²) in [6.45, 7) is 0.228. The summed E-state index contributed by atoms with van der Waals surface area (Å²) in [6.07, 6.45) is 1.62. The summed E-state index contributed by atoms with van der Waals surface area (Å²) in [5.74, 6) is 1.07. The van der Waals surface area contributed by atoms with Crippen molar-refractivity contribution >= 4 is 22.7 Å². The van der Waals surface area contributed by atoms with Crippen molar-refractivity contribution in [3.63, 3.8) is 0 Å². The zero-order chi connectivity index (χ0) is 17.8. The lowest BCUT2D eigenvalue weighted by molar-refractivity contribution is 0.0995. The Bertz CT molecular complexity index is 1030. The molecule has 128 valence electrons. The highest BCUT2D eigenvalue weighted by atomic mass is 16.5. The van der Waals surface area contributed by atoms with E-state index in [0.717, 1.165) is 11.1 Å². The van der Waals surface area contributed by atoms with Gasteiger partial charge in [-0.05, 0) is 30.3 Å². The maximum atomic E-state index is 12.7. The summed E-state index contributed by atoms with van der Waals surface area (Å²) in [6, 6.07) is 22.3. The van der Waals surface area contributed by atoms with Gasteiger partial charge in [0.05, 0.1) is 0 Å². The van der Waals surface area contributed by atoms with E-state index in [-0.39, 0.29) is 18.3 Å². The zero-order valence-electron chi connectivity index (χ0n) is 13.9. The van der Waals surface area contributed by atoms with Crippen molar-refractivity contribution in [2.75, 3.05) is 5.32 Å². The Labute approximate surface area is 150 Å². The molecule has 26 heavy (non-hydrogen) atoms. The number of nitrogens with zero attached hydrogens (tertiary/aromatic N) is 1. The minimum absolute atomic E-state index is 0.228. The first-order valence-corrected chi connectivity index (χ1v) is 8.22. The number of hydrogen-bond donors (Lipinski definition) is 1. The molecule has 0 saturated heterocycles. The third kappa shape index (κ3) is 3.28. The SMILES string of the molecule is O=C(Nc1ccccn1)c1oc2ccccc2c1COc1ccccc1. The van der Waals surface area contributed by atoms with Gasteiger partial charge in [0.2, 0.25) is 0 Å². The Hall–Kier alpha value is -3.60. The van der Waals surface area contributed by atoms with Gasteiger partial charge in [0.25, 0.3) is 5.91 Å². The third-order valence-corrected chi connectivity index (χ3v) is 3.94. The highest BCUT2D eigenvalue weighted by Gasteiger charge is 2.21. The maximum Gasteiger partial charge on any atom is 0.292 e. The van der Waals surface area contributed by atoms with Gasteiger partial charge in [0.1, 0.15) is 23.8 Å². The van der Waals surface area contributed by atoms with Crippen molar-refractivity contribution in [3.05, 3.63) is 90.3 Å². The van der Waals surface area contributed by atoms with Crippen LogP contribution in [0.3, 0.4) is 0 Å². The number of pyridine rings is 1. The second-order valence-corrected chi connectivity index (χ2v) is 5.68. The van der Waals surface area contributed by atoms with Crippen LogP contribution >= 0.6 is 0 Å². The molecular formula is C21H16N2O3. The van der Waals surface area contributed by atoms with Gasteiger partial charge in [-0.1, -0.05) is 42.5 Å². The number of carbonyl (C=O) groups is 1. The van der Waals surface area contributed by atoms with Crippen molar-refractivity contribution in [2.24, 2.45) is 0 Å². The number of fused-ring (bicyclic) bond motifs is 1. The Balaban J connectivity index is 1.66. The van der Waals surface area contributed by atoms with E-state index >= 15 is 0 Å². The van der Waals surface area contributed by atoms with Gasteiger partial charge >= 0.3 is 0 Å². The van der Waals surface area contributed by atoms with E-state index in [0.29, 0.717) is 17.0 Å². The molecule has 0 aliphatic rings. The molecule has 4 rings (SSSR count). The van der Waals surface area contributed by atoms with Crippen LogP contribution in [0, 0.1) is 0 Å². The van der Waals surface area contributed by atoms with Gasteiger partial charge in [-0.15, -0.1) is 0 Å². The second-order valence-electron chi connectivity index (χ2n) is 5.68.